The molecule has 0 aliphatic carbocycles. The quantitative estimate of drug-likeness (QED) is 0.599. The highest BCUT2D eigenvalue weighted by atomic mass is 35.5. The lowest BCUT2D eigenvalue weighted by atomic mass is 10.2. The van der Waals surface area contributed by atoms with E-state index in [4.69, 9.17) is 11.6 Å². The highest BCUT2D eigenvalue weighted by Crippen LogP contribution is 2.29. The first-order valence-corrected chi connectivity index (χ1v) is 8.85. The van der Waals surface area contributed by atoms with Gasteiger partial charge in [0.2, 0.25) is 0 Å². The van der Waals surface area contributed by atoms with Crippen LogP contribution in [0.4, 0.5) is 10.8 Å². The smallest absolute Gasteiger partial charge is 0.187 e. The summed E-state index contributed by atoms with van der Waals surface area (Å²) in [4.78, 5) is 5.84. The van der Waals surface area contributed by atoms with Gasteiger partial charge in [-0.2, -0.15) is 0 Å². The lowest BCUT2D eigenvalue weighted by molar-refractivity contribution is 1.37. The number of nitrogens with one attached hydrogen (secondary N) is 1. The molecule has 1 heterocycles. The van der Waals surface area contributed by atoms with E-state index in [9.17, 15) is 0 Å². The molecule has 2 nitrogen and oxygen atoms in total. The SMILES string of the molecule is CSc1cccc(Nc2nc(-c3cccc(Cl)c3)cs2)c1. The molecular formula is C16H13ClN2S2. The zero-order valence-electron chi connectivity index (χ0n) is 11.3. The van der Waals surface area contributed by atoms with Gasteiger partial charge >= 0.3 is 0 Å². The Labute approximate surface area is 137 Å². The number of anilines is 2. The third kappa shape index (κ3) is 3.59. The van der Waals surface area contributed by atoms with Crippen molar-refractivity contribution in [2.75, 3.05) is 11.6 Å². The summed E-state index contributed by atoms with van der Waals surface area (Å²) in [6.07, 6.45) is 2.07. The molecule has 1 aromatic heterocycles. The van der Waals surface area contributed by atoms with Crippen LogP contribution in [0.15, 0.2) is 58.8 Å². The number of benzene rings is 2. The van der Waals surface area contributed by atoms with Gasteiger partial charge in [0, 0.05) is 26.5 Å². The maximum absolute atomic E-state index is 6.02. The second-order valence-corrected chi connectivity index (χ2v) is 6.58. The van der Waals surface area contributed by atoms with Gasteiger partial charge in [-0.15, -0.1) is 23.1 Å². The summed E-state index contributed by atoms with van der Waals surface area (Å²) in [5, 5.41) is 6.98. The van der Waals surface area contributed by atoms with Crippen molar-refractivity contribution in [3.63, 3.8) is 0 Å². The number of aromatic nitrogens is 1. The molecule has 0 unspecified atom stereocenters. The van der Waals surface area contributed by atoms with Crippen molar-refractivity contribution in [1.82, 2.24) is 4.98 Å². The minimum Gasteiger partial charge on any atom is -0.332 e. The average molecular weight is 333 g/mol. The third-order valence-electron chi connectivity index (χ3n) is 2.95. The predicted molar refractivity (Wildman–Crippen MR) is 94.1 cm³/mol. The zero-order chi connectivity index (χ0) is 14.7. The summed E-state index contributed by atoms with van der Waals surface area (Å²) in [5.41, 5.74) is 3.02. The van der Waals surface area contributed by atoms with E-state index in [1.54, 1.807) is 23.1 Å². The van der Waals surface area contributed by atoms with Crippen LogP contribution >= 0.6 is 34.7 Å². The van der Waals surface area contributed by atoms with Crippen LogP contribution in [-0.4, -0.2) is 11.2 Å². The van der Waals surface area contributed by atoms with Crippen LogP contribution in [0.1, 0.15) is 0 Å². The van der Waals surface area contributed by atoms with Crippen molar-refractivity contribution in [1.29, 1.82) is 0 Å². The minimum absolute atomic E-state index is 0.725. The Morgan fingerprint density at radius 3 is 2.81 bits per heavy atom. The molecule has 2 aromatic carbocycles. The number of hydrogen-bond donors (Lipinski definition) is 1. The molecule has 0 bridgehead atoms. The third-order valence-corrected chi connectivity index (χ3v) is 4.66. The molecule has 3 aromatic rings. The van der Waals surface area contributed by atoms with Crippen LogP contribution in [0, 0.1) is 0 Å². The van der Waals surface area contributed by atoms with Crippen LogP contribution in [-0.2, 0) is 0 Å². The van der Waals surface area contributed by atoms with Crippen molar-refractivity contribution < 1.29 is 0 Å². The monoisotopic (exact) mass is 332 g/mol. The second kappa shape index (κ2) is 6.52. The van der Waals surface area contributed by atoms with E-state index in [0.717, 1.165) is 27.1 Å². The Balaban J connectivity index is 1.81. The molecule has 0 aliphatic heterocycles. The topological polar surface area (TPSA) is 24.9 Å². The Morgan fingerprint density at radius 2 is 2.00 bits per heavy atom. The molecule has 0 spiro atoms. The molecule has 21 heavy (non-hydrogen) atoms. The van der Waals surface area contributed by atoms with Crippen LogP contribution < -0.4 is 5.32 Å². The van der Waals surface area contributed by atoms with E-state index in [2.05, 4.69) is 28.7 Å². The summed E-state index contributed by atoms with van der Waals surface area (Å²) in [5.74, 6) is 0. The van der Waals surface area contributed by atoms with Gasteiger partial charge in [-0.1, -0.05) is 29.8 Å². The van der Waals surface area contributed by atoms with Gasteiger partial charge < -0.3 is 5.32 Å². The Morgan fingerprint density at radius 1 is 1.14 bits per heavy atom. The first-order chi connectivity index (χ1) is 10.2. The molecule has 0 aliphatic rings. The van der Waals surface area contributed by atoms with Gasteiger partial charge in [0.25, 0.3) is 0 Å². The highest BCUT2D eigenvalue weighted by molar-refractivity contribution is 7.98. The zero-order valence-corrected chi connectivity index (χ0v) is 13.7. The minimum atomic E-state index is 0.725. The number of nitrogens with zero attached hydrogens (tertiary/aromatic N) is 1. The fraction of sp³-hybridized carbons (Fsp3) is 0.0625. The van der Waals surface area contributed by atoms with Gasteiger partial charge in [0.1, 0.15) is 0 Å². The number of thiazole rings is 1. The number of rotatable bonds is 4. The van der Waals surface area contributed by atoms with Crippen LogP contribution in [0.3, 0.4) is 0 Å². The molecule has 0 radical (unpaired) electrons. The van der Waals surface area contributed by atoms with Gasteiger partial charge in [-0.05, 0) is 36.6 Å². The van der Waals surface area contributed by atoms with Crippen molar-refractivity contribution in [3.05, 3.63) is 58.9 Å². The van der Waals surface area contributed by atoms with Crippen molar-refractivity contribution in [2.45, 2.75) is 4.90 Å². The summed E-state index contributed by atoms with van der Waals surface area (Å²) in [6.45, 7) is 0. The molecule has 0 saturated heterocycles. The van der Waals surface area contributed by atoms with E-state index < -0.39 is 0 Å². The Bertz CT molecular complexity index is 755. The molecule has 5 heteroatoms. The Hall–Kier alpha value is -1.49. The van der Waals surface area contributed by atoms with E-state index in [0.29, 0.717) is 0 Å². The van der Waals surface area contributed by atoms with E-state index in [1.165, 1.54) is 4.90 Å². The van der Waals surface area contributed by atoms with Crippen molar-refractivity contribution >= 4 is 45.5 Å². The number of hydrogen-bond acceptors (Lipinski definition) is 4. The van der Waals surface area contributed by atoms with E-state index in [-0.39, 0.29) is 0 Å². The van der Waals surface area contributed by atoms with Crippen molar-refractivity contribution in [2.24, 2.45) is 0 Å². The normalized spacial score (nSPS) is 10.6. The van der Waals surface area contributed by atoms with Gasteiger partial charge in [-0.3, -0.25) is 0 Å². The molecule has 106 valence electrons. The Kier molecular flexibility index (Phi) is 4.48. The number of halogens is 1. The molecule has 3 rings (SSSR count). The largest absolute Gasteiger partial charge is 0.332 e. The standard InChI is InChI=1S/C16H13ClN2S2/c1-20-14-7-3-6-13(9-14)18-16-19-15(10-21-16)11-4-2-5-12(17)8-11/h2-10H,1H3,(H,18,19). The molecule has 1 N–H and O–H groups in total. The summed E-state index contributed by atoms with van der Waals surface area (Å²) < 4.78 is 0. The maximum atomic E-state index is 6.02. The molecule has 0 fully saturated rings. The molecule has 0 amide bonds. The molecule has 0 atom stereocenters. The lowest BCUT2D eigenvalue weighted by Gasteiger charge is -2.04. The predicted octanol–water partition coefficient (Wildman–Crippen LogP) is 5.93. The fourth-order valence-corrected chi connectivity index (χ4v) is 3.33. The summed E-state index contributed by atoms with van der Waals surface area (Å²) in [6, 6.07) is 16.0. The molecule has 0 saturated carbocycles. The summed E-state index contributed by atoms with van der Waals surface area (Å²) in [7, 11) is 0. The van der Waals surface area contributed by atoms with Gasteiger partial charge in [0.15, 0.2) is 5.13 Å². The van der Waals surface area contributed by atoms with Crippen molar-refractivity contribution in [3.8, 4) is 11.3 Å². The second-order valence-electron chi connectivity index (χ2n) is 4.41. The van der Waals surface area contributed by atoms with Gasteiger partial charge in [0.05, 0.1) is 5.69 Å². The van der Waals surface area contributed by atoms with Crippen LogP contribution in [0.5, 0.6) is 0 Å². The first-order valence-electron chi connectivity index (χ1n) is 6.37. The van der Waals surface area contributed by atoms with Gasteiger partial charge in [-0.25, -0.2) is 4.98 Å². The van der Waals surface area contributed by atoms with Crippen LogP contribution in [0.25, 0.3) is 11.3 Å². The highest BCUT2D eigenvalue weighted by Gasteiger charge is 2.05. The average Bonchev–Trinajstić information content (AvgIpc) is 2.96. The lowest BCUT2D eigenvalue weighted by Crippen LogP contribution is -1.89. The van der Waals surface area contributed by atoms with E-state index in [1.807, 2.05) is 41.8 Å². The first kappa shape index (κ1) is 14.4. The van der Waals surface area contributed by atoms with E-state index >= 15 is 0 Å². The fourth-order valence-electron chi connectivity index (χ4n) is 1.94. The maximum Gasteiger partial charge on any atom is 0.187 e. The summed E-state index contributed by atoms with van der Waals surface area (Å²) >= 11 is 9.33. The number of thioether (sulfide) groups is 1. The molecular weight excluding hydrogens is 320 g/mol. The van der Waals surface area contributed by atoms with Crippen LogP contribution in [0.2, 0.25) is 5.02 Å².